The van der Waals surface area contributed by atoms with Gasteiger partial charge >= 0.3 is 0 Å². The number of H-pyrrole nitrogens is 1. The molecule has 0 aliphatic carbocycles. The standard InChI is InChI=1S/C13H11NO2/c15-13-9-4-1-2-6-12(9)16-8-10(13)11-5-3-7-14-11/h1-7,10,14H,8H2. The van der Waals surface area contributed by atoms with E-state index >= 15 is 0 Å². The second-order valence-corrected chi connectivity index (χ2v) is 3.85. The second-order valence-electron chi connectivity index (χ2n) is 3.85. The molecule has 80 valence electrons. The van der Waals surface area contributed by atoms with E-state index in [1.165, 1.54) is 0 Å². The molecule has 0 spiro atoms. The first-order chi connectivity index (χ1) is 7.86. The van der Waals surface area contributed by atoms with Gasteiger partial charge in [-0.15, -0.1) is 0 Å². The number of aromatic nitrogens is 1. The van der Waals surface area contributed by atoms with Crippen LogP contribution in [-0.4, -0.2) is 17.4 Å². The topological polar surface area (TPSA) is 42.1 Å². The van der Waals surface area contributed by atoms with Gasteiger partial charge in [-0.25, -0.2) is 0 Å². The Balaban J connectivity index is 2.01. The fourth-order valence-electron chi connectivity index (χ4n) is 2.02. The summed E-state index contributed by atoms with van der Waals surface area (Å²) < 4.78 is 5.59. The van der Waals surface area contributed by atoms with Crippen LogP contribution in [0.2, 0.25) is 0 Å². The lowest BCUT2D eigenvalue weighted by Crippen LogP contribution is -2.26. The van der Waals surface area contributed by atoms with Crippen LogP contribution in [0.3, 0.4) is 0 Å². The molecule has 0 saturated carbocycles. The first-order valence-corrected chi connectivity index (χ1v) is 5.25. The van der Waals surface area contributed by atoms with Crippen LogP contribution in [0.5, 0.6) is 5.75 Å². The molecule has 0 radical (unpaired) electrons. The molecule has 1 aliphatic heterocycles. The number of ketones is 1. The minimum atomic E-state index is -0.204. The molecule has 3 heteroatoms. The van der Waals surface area contributed by atoms with E-state index in [0.29, 0.717) is 17.9 Å². The maximum atomic E-state index is 12.2. The number of para-hydroxylation sites is 1. The first-order valence-electron chi connectivity index (χ1n) is 5.25. The van der Waals surface area contributed by atoms with Gasteiger partial charge in [-0.1, -0.05) is 12.1 Å². The van der Waals surface area contributed by atoms with Crippen LogP contribution in [0.25, 0.3) is 0 Å². The van der Waals surface area contributed by atoms with E-state index in [9.17, 15) is 4.79 Å². The molecular weight excluding hydrogens is 202 g/mol. The van der Waals surface area contributed by atoms with E-state index in [2.05, 4.69) is 4.98 Å². The van der Waals surface area contributed by atoms with Crippen LogP contribution in [-0.2, 0) is 0 Å². The minimum Gasteiger partial charge on any atom is -0.492 e. The maximum absolute atomic E-state index is 12.2. The molecule has 3 rings (SSSR count). The lowest BCUT2D eigenvalue weighted by atomic mass is 9.93. The van der Waals surface area contributed by atoms with Crippen molar-refractivity contribution in [1.29, 1.82) is 0 Å². The normalized spacial score (nSPS) is 19.0. The number of hydrogen-bond acceptors (Lipinski definition) is 2. The van der Waals surface area contributed by atoms with E-state index < -0.39 is 0 Å². The fraction of sp³-hybridized carbons (Fsp3) is 0.154. The molecule has 16 heavy (non-hydrogen) atoms. The van der Waals surface area contributed by atoms with Gasteiger partial charge in [0.25, 0.3) is 0 Å². The molecular formula is C13H11NO2. The van der Waals surface area contributed by atoms with Crippen molar-refractivity contribution in [2.75, 3.05) is 6.61 Å². The molecule has 2 heterocycles. The average molecular weight is 213 g/mol. The lowest BCUT2D eigenvalue weighted by Gasteiger charge is -2.23. The van der Waals surface area contributed by atoms with E-state index in [1.807, 2.05) is 42.6 Å². The van der Waals surface area contributed by atoms with E-state index in [1.54, 1.807) is 0 Å². The summed E-state index contributed by atoms with van der Waals surface area (Å²) in [6, 6.07) is 11.2. The van der Waals surface area contributed by atoms with Gasteiger partial charge in [0, 0.05) is 11.9 Å². The van der Waals surface area contributed by atoms with Crippen LogP contribution in [0, 0.1) is 0 Å². The average Bonchev–Trinajstić information content (AvgIpc) is 2.83. The molecule has 1 atom stereocenters. The Morgan fingerprint density at radius 3 is 2.88 bits per heavy atom. The van der Waals surface area contributed by atoms with Crippen LogP contribution in [0.1, 0.15) is 22.0 Å². The third-order valence-electron chi connectivity index (χ3n) is 2.87. The number of benzene rings is 1. The number of rotatable bonds is 1. The van der Waals surface area contributed by atoms with Crippen molar-refractivity contribution in [3.63, 3.8) is 0 Å². The third kappa shape index (κ3) is 1.33. The van der Waals surface area contributed by atoms with Gasteiger partial charge in [0.1, 0.15) is 12.4 Å². The molecule has 2 aromatic rings. The van der Waals surface area contributed by atoms with Gasteiger partial charge in [-0.3, -0.25) is 4.79 Å². The molecule has 1 unspecified atom stereocenters. The Kier molecular flexibility index (Phi) is 2.03. The Bertz CT molecular complexity index is 516. The molecule has 0 bridgehead atoms. The van der Waals surface area contributed by atoms with Crippen LogP contribution >= 0.6 is 0 Å². The molecule has 0 amide bonds. The number of hydrogen-bond donors (Lipinski definition) is 1. The summed E-state index contributed by atoms with van der Waals surface area (Å²) in [6.07, 6.45) is 1.82. The number of fused-ring (bicyclic) bond motifs is 1. The van der Waals surface area contributed by atoms with Crippen LogP contribution in [0.15, 0.2) is 42.6 Å². The van der Waals surface area contributed by atoms with Crippen molar-refractivity contribution < 1.29 is 9.53 Å². The highest BCUT2D eigenvalue weighted by atomic mass is 16.5. The van der Waals surface area contributed by atoms with Crippen LogP contribution < -0.4 is 4.74 Å². The number of ether oxygens (including phenoxy) is 1. The lowest BCUT2D eigenvalue weighted by molar-refractivity contribution is 0.0894. The molecule has 3 nitrogen and oxygen atoms in total. The highest BCUT2D eigenvalue weighted by molar-refractivity contribution is 6.03. The van der Waals surface area contributed by atoms with Gasteiger partial charge in [0.05, 0.1) is 11.5 Å². The van der Waals surface area contributed by atoms with Gasteiger partial charge in [0.2, 0.25) is 0 Å². The number of carbonyl (C=O) groups excluding carboxylic acids is 1. The van der Waals surface area contributed by atoms with Gasteiger partial charge in [-0.05, 0) is 24.3 Å². The summed E-state index contributed by atoms with van der Waals surface area (Å²) >= 11 is 0. The monoisotopic (exact) mass is 213 g/mol. The van der Waals surface area contributed by atoms with Crippen molar-refractivity contribution in [1.82, 2.24) is 4.98 Å². The van der Waals surface area contributed by atoms with Crippen molar-refractivity contribution in [2.24, 2.45) is 0 Å². The maximum Gasteiger partial charge on any atom is 0.178 e. The smallest absolute Gasteiger partial charge is 0.178 e. The summed E-state index contributed by atoms with van der Waals surface area (Å²) in [6.45, 7) is 0.413. The number of carbonyl (C=O) groups is 1. The second kappa shape index (κ2) is 3.52. The molecule has 1 aromatic heterocycles. The largest absolute Gasteiger partial charge is 0.492 e. The summed E-state index contributed by atoms with van der Waals surface area (Å²) in [4.78, 5) is 15.3. The van der Waals surface area contributed by atoms with Gasteiger partial charge in [0.15, 0.2) is 5.78 Å². The number of Topliss-reactive ketones (excluding diaryl/α,β-unsaturated/α-hetero) is 1. The predicted octanol–water partition coefficient (Wildman–Crippen LogP) is 2.37. The quantitative estimate of drug-likeness (QED) is 0.790. The molecule has 0 saturated heterocycles. The fourth-order valence-corrected chi connectivity index (χ4v) is 2.02. The minimum absolute atomic E-state index is 0.129. The van der Waals surface area contributed by atoms with Crippen LogP contribution in [0.4, 0.5) is 0 Å². The zero-order valence-electron chi connectivity index (χ0n) is 8.64. The van der Waals surface area contributed by atoms with E-state index in [-0.39, 0.29) is 11.7 Å². The third-order valence-corrected chi connectivity index (χ3v) is 2.87. The predicted molar refractivity (Wildman–Crippen MR) is 59.8 cm³/mol. The zero-order valence-corrected chi connectivity index (χ0v) is 8.64. The van der Waals surface area contributed by atoms with Gasteiger partial charge < -0.3 is 9.72 Å². The number of aromatic amines is 1. The molecule has 1 aliphatic rings. The Morgan fingerprint density at radius 1 is 1.19 bits per heavy atom. The Hall–Kier alpha value is -2.03. The van der Waals surface area contributed by atoms with E-state index in [4.69, 9.17) is 4.74 Å². The van der Waals surface area contributed by atoms with Crippen molar-refractivity contribution in [3.05, 3.63) is 53.9 Å². The summed E-state index contributed by atoms with van der Waals surface area (Å²) in [5.41, 5.74) is 1.59. The first kappa shape index (κ1) is 9.21. The molecule has 0 fully saturated rings. The summed E-state index contributed by atoms with van der Waals surface area (Å²) in [5, 5.41) is 0. The molecule has 1 N–H and O–H groups in total. The SMILES string of the molecule is O=C1c2ccccc2OCC1c1ccc[nH]1. The summed E-state index contributed by atoms with van der Waals surface area (Å²) in [5.74, 6) is 0.615. The zero-order chi connectivity index (χ0) is 11.0. The van der Waals surface area contributed by atoms with E-state index in [0.717, 1.165) is 5.69 Å². The van der Waals surface area contributed by atoms with Crippen molar-refractivity contribution in [3.8, 4) is 5.75 Å². The van der Waals surface area contributed by atoms with Crippen molar-refractivity contribution in [2.45, 2.75) is 5.92 Å². The van der Waals surface area contributed by atoms with Crippen molar-refractivity contribution >= 4 is 5.78 Å². The highest BCUT2D eigenvalue weighted by Gasteiger charge is 2.30. The Labute approximate surface area is 93.1 Å². The summed E-state index contributed by atoms with van der Waals surface area (Å²) in [7, 11) is 0. The Morgan fingerprint density at radius 2 is 2.06 bits per heavy atom. The molecule has 1 aromatic carbocycles. The highest BCUT2D eigenvalue weighted by Crippen LogP contribution is 2.31. The van der Waals surface area contributed by atoms with Gasteiger partial charge in [-0.2, -0.15) is 0 Å². The number of nitrogens with one attached hydrogen (secondary N) is 1.